The lowest BCUT2D eigenvalue weighted by Crippen LogP contribution is -2.37. The Kier molecular flexibility index (Phi) is 6.20. The van der Waals surface area contributed by atoms with Crippen LogP contribution in [0, 0.1) is 11.3 Å². The van der Waals surface area contributed by atoms with Crippen molar-refractivity contribution >= 4 is 27.3 Å². The Morgan fingerprint density at radius 3 is 2.50 bits per heavy atom. The molecule has 0 atom stereocenters. The summed E-state index contributed by atoms with van der Waals surface area (Å²) < 4.78 is 30.5. The molecule has 1 N–H and O–H groups in total. The van der Waals surface area contributed by atoms with E-state index in [-0.39, 0.29) is 6.54 Å². The molecule has 136 valence electrons. The van der Waals surface area contributed by atoms with Crippen molar-refractivity contribution < 1.29 is 17.9 Å². The van der Waals surface area contributed by atoms with E-state index in [0.29, 0.717) is 29.3 Å². The normalized spacial score (nSPS) is 10.7. The van der Waals surface area contributed by atoms with Gasteiger partial charge in [0.15, 0.2) is 0 Å². The smallest absolute Gasteiger partial charge is 0.245 e. The minimum Gasteiger partial charge on any atom is -0.494 e. The summed E-state index contributed by atoms with van der Waals surface area (Å²) in [5.74, 6) is 0.0990. The van der Waals surface area contributed by atoms with Crippen LogP contribution in [0.1, 0.15) is 12.5 Å². The van der Waals surface area contributed by atoms with E-state index < -0.39 is 15.9 Å². The number of hydrogen-bond donors (Lipinski definition) is 1. The number of amides is 1. The van der Waals surface area contributed by atoms with Crippen LogP contribution in [-0.2, 0) is 14.8 Å². The van der Waals surface area contributed by atoms with Crippen LogP contribution in [-0.4, -0.2) is 33.7 Å². The summed E-state index contributed by atoms with van der Waals surface area (Å²) in [4.78, 5) is 12.3. The quantitative estimate of drug-likeness (QED) is 0.803. The maximum absolute atomic E-state index is 12.3. The van der Waals surface area contributed by atoms with Crippen molar-refractivity contribution in [1.82, 2.24) is 0 Å². The molecule has 0 aliphatic rings. The van der Waals surface area contributed by atoms with Crippen LogP contribution < -0.4 is 14.4 Å². The second kappa shape index (κ2) is 8.36. The van der Waals surface area contributed by atoms with Gasteiger partial charge in [-0.25, -0.2) is 8.42 Å². The summed E-state index contributed by atoms with van der Waals surface area (Å²) in [7, 11) is -3.66. The van der Waals surface area contributed by atoms with Gasteiger partial charge in [-0.15, -0.1) is 0 Å². The maximum Gasteiger partial charge on any atom is 0.245 e. The third kappa shape index (κ3) is 5.22. The van der Waals surface area contributed by atoms with Gasteiger partial charge in [0.2, 0.25) is 15.9 Å². The molecule has 0 aliphatic carbocycles. The predicted molar refractivity (Wildman–Crippen MR) is 99.6 cm³/mol. The molecule has 0 saturated heterocycles. The Morgan fingerprint density at radius 2 is 1.92 bits per heavy atom. The molecular weight excluding hydrogens is 354 g/mol. The van der Waals surface area contributed by atoms with Crippen molar-refractivity contribution in [1.29, 1.82) is 5.26 Å². The van der Waals surface area contributed by atoms with Gasteiger partial charge < -0.3 is 10.1 Å². The van der Waals surface area contributed by atoms with Gasteiger partial charge >= 0.3 is 0 Å². The molecule has 26 heavy (non-hydrogen) atoms. The first-order chi connectivity index (χ1) is 12.3. The van der Waals surface area contributed by atoms with E-state index >= 15 is 0 Å². The lowest BCUT2D eigenvalue weighted by Gasteiger charge is -2.22. The average Bonchev–Trinajstić information content (AvgIpc) is 2.60. The molecule has 0 saturated carbocycles. The number of nitrogens with zero attached hydrogens (tertiary/aromatic N) is 2. The molecule has 8 heteroatoms. The fraction of sp³-hybridized carbons (Fsp3) is 0.222. The summed E-state index contributed by atoms with van der Waals surface area (Å²) in [5, 5.41) is 11.5. The fourth-order valence-electron chi connectivity index (χ4n) is 2.27. The number of rotatable bonds is 7. The van der Waals surface area contributed by atoms with Crippen LogP contribution in [0.4, 0.5) is 11.4 Å². The first-order valence-electron chi connectivity index (χ1n) is 7.84. The zero-order valence-electron chi connectivity index (χ0n) is 14.5. The molecule has 0 unspecified atom stereocenters. The van der Waals surface area contributed by atoms with Gasteiger partial charge in [-0.1, -0.05) is 6.07 Å². The summed E-state index contributed by atoms with van der Waals surface area (Å²) >= 11 is 0. The molecule has 0 bridgehead atoms. The Bertz CT molecular complexity index is 918. The topological polar surface area (TPSA) is 99.5 Å². The van der Waals surface area contributed by atoms with Gasteiger partial charge in [0, 0.05) is 5.69 Å². The maximum atomic E-state index is 12.3. The molecule has 0 aromatic heterocycles. The molecule has 0 aliphatic heterocycles. The second-order valence-electron chi connectivity index (χ2n) is 5.44. The van der Waals surface area contributed by atoms with Crippen molar-refractivity contribution in [3.05, 3.63) is 54.1 Å². The predicted octanol–water partition coefficient (Wildman–Crippen LogP) is 2.36. The highest BCUT2D eigenvalue weighted by Crippen LogP contribution is 2.22. The lowest BCUT2D eigenvalue weighted by molar-refractivity contribution is -0.114. The molecule has 0 fully saturated rings. The van der Waals surface area contributed by atoms with E-state index in [2.05, 4.69) is 5.32 Å². The third-order valence-electron chi connectivity index (χ3n) is 3.40. The standard InChI is InChI=1S/C18H19N3O4S/c1-3-25-17-9-7-16(8-10-17)21(26(2,23)24)13-18(22)20-15-6-4-5-14(11-15)12-19/h4-11H,3,13H2,1-2H3,(H,20,22). The van der Waals surface area contributed by atoms with Crippen LogP contribution in [0.25, 0.3) is 0 Å². The Balaban J connectivity index is 2.17. The number of benzene rings is 2. The van der Waals surface area contributed by atoms with Gasteiger partial charge in [0.25, 0.3) is 0 Å². The average molecular weight is 373 g/mol. The molecule has 7 nitrogen and oxygen atoms in total. The molecule has 2 aromatic rings. The number of nitriles is 1. The first kappa shape index (κ1) is 19.3. The molecule has 1 amide bonds. The molecule has 2 rings (SSSR count). The van der Waals surface area contributed by atoms with Crippen LogP contribution in [0.15, 0.2) is 48.5 Å². The Labute approximate surface area is 152 Å². The molecule has 0 heterocycles. The van der Waals surface area contributed by atoms with Crippen molar-refractivity contribution in [2.24, 2.45) is 0 Å². The summed E-state index contributed by atoms with van der Waals surface area (Å²) in [6, 6.07) is 14.8. The van der Waals surface area contributed by atoms with Crippen molar-refractivity contribution in [3.63, 3.8) is 0 Å². The van der Waals surface area contributed by atoms with E-state index in [1.165, 1.54) is 6.07 Å². The van der Waals surface area contributed by atoms with E-state index in [0.717, 1.165) is 10.6 Å². The van der Waals surface area contributed by atoms with Crippen LogP contribution in [0.2, 0.25) is 0 Å². The fourth-order valence-corrected chi connectivity index (χ4v) is 3.13. The number of carbonyl (C=O) groups is 1. The summed E-state index contributed by atoms with van der Waals surface area (Å²) in [6.07, 6.45) is 1.03. The zero-order valence-corrected chi connectivity index (χ0v) is 15.3. The van der Waals surface area contributed by atoms with Gasteiger partial charge in [-0.05, 0) is 49.4 Å². The third-order valence-corrected chi connectivity index (χ3v) is 4.54. The van der Waals surface area contributed by atoms with Crippen LogP contribution >= 0.6 is 0 Å². The molecule has 2 aromatic carbocycles. The molecular formula is C18H19N3O4S. The zero-order chi connectivity index (χ0) is 19.2. The monoisotopic (exact) mass is 373 g/mol. The van der Waals surface area contributed by atoms with Gasteiger partial charge in [-0.3, -0.25) is 9.10 Å². The van der Waals surface area contributed by atoms with E-state index in [4.69, 9.17) is 10.00 Å². The summed E-state index contributed by atoms with van der Waals surface area (Å²) in [6.45, 7) is 1.96. The Morgan fingerprint density at radius 1 is 1.23 bits per heavy atom. The minimum absolute atomic E-state index is 0.358. The first-order valence-corrected chi connectivity index (χ1v) is 9.69. The number of sulfonamides is 1. The highest BCUT2D eigenvalue weighted by molar-refractivity contribution is 7.92. The number of hydrogen-bond acceptors (Lipinski definition) is 5. The van der Waals surface area contributed by atoms with E-state index in [9.17, 15) is 13.2 Å². The van der Waals surface area contributed by atoms with Crippen LogP contribution in [0.5, 0.6) is 5.75 Å². The number of anilines is 2. The molecule has 0 spiro atoms. The van der Waals surface area contributed by atoms with Crippen molar-refractivity contribution in [2.75, 3.05) is 29.0 Å². The second-order valence-corrected chi connectivity index (χ2v) is 7.34. The number of nitrogens with one attached hydrogen (secondary N) is 1. The molecule has 0 radical (unpaired) electrons. The highest BCUT2D eigenvalue weighted by atomic mass is 32.2. The SMILES string of the molecule is CCOc1ccc(N(CC(=O)Nc2cccc(C#N)c2)S(C)(=O)=O)cc1. The van der Waals surface area contributed by atoms with Crippen molar-refractivity contribution in [3.8, 4) is 11.8 Å². The van der Waals surface area contributed by atoms with Crippen LogP contribution in [0.3, 0.4) is 0 Å². The van der Waals surface area contributed by atoms with E-state index in [1.807, 2.05) is 13.0 Å². The van der Waals surface area contributed by atoms with Gasteiger partial charge in [-0.2, -0.15) is 5.26 Å². The Hall–Kier alpha value is -3.05. The van der Waals surface area contributed by atoms with Gasteiger partial charge in [0.1, 0.15) is 12.3 Å². The van der Waals surface area contributed by atoms with Gasteiger partial charge in [0.05, 0.1) is 30.2 Å². The number of carbonyl (C=O) groups excluding carboxylic acids is 1. The van der Waals surface area contributed by atoms with E-state index in [1.54, 1.807) is 42.5 Å². The largest absolute Gasteiger partial charge is 0.494 e. The number of ether oxygens (including phenoxy) is 1. The highest BCUT2D eigenvalue weighted by Gasteiger charge is 2.21. The minimum atomic E-state index is -3.66. The summed E-state index contributed by atoms with van der Waals surface area (Å²) in [5.41, 5.74) is 1.18. The van der Waals surface area contributed by atoms with Crippen molar-refractivity contribution in [2.45, 2.75) is 6.92 Å². The lowest BCUT2D eigenvalue weighted by atomic mass is 10.2.